The monoisotopic (exact) mass is 192 g/mol. The number of rotatable bonds is 0. The molecule has 0 N–H and O–H groups in total. The van der Waals surface area contributed by atoms with Crippen LogP contribution in [0.1, 0.15) is 15.9 Å². The lowest BCUT2D eigenvalue weighted by Gasteiger charge is -1.83. The fourth-order valence-corrected chi connectivity index (χ4v) is 3.16. The maximum atomic E-state index is 11.6. The second-order valence-electron chi connectivity index (χ2n) is 2.73. The van der Waals surface area contributed by atoms with Crippen LogP contribution in [0.2, 0.25) is 0 Å². The van der Waals surface area contributed by atoms with Gasteiger partial charge in [-0.15, -0.1) is 0 Å². The molecule has 58 valence electrons. The maximum Gasteiger partial charge on any atom is 0.195 e. The first-order valence-corrected chi connectivity index (χ1v) is 5.44. The number of fused-ring (bicyclic) bond motifs is 3. The number of hydrogen-bond donors (Lipinski definition) is 0. The van der Waals surface area contributed by atoms with Crippen LogP contribution >= 0.6 is 22.7 Å². The molecule has 1 nitrogen and oxygen atoms in total. The van der Waals surface area contributed by atoms with Gasteiger partial charge in [0.1, 0.15) is 0 Å². The number of carbonyl (C=O) groups excluding carboxylic acids is 1. The van der Waals surface area contributed by atoms with E-state index < -0.39 is 0 Å². The van der Waals surface area contributed by atoms with Crippen molar-refractivity contribution in [2.45, 2.75) is 0 Å². The van der Waals surface area contributed by atoms with Gasteiger partial charge in [0, 0.05) is 33.0 Å². The zero-order valence-corrected chi connectivity index (χ0v) is 7.67. The zero-order valence-electron chi connectivity index (χ0n) is 6.03. The third-order valence-corrected chi connectivity index (χ3v) is 3.59. The van der Waals surface area contributed by atoms with Gasteiger partial charge in [-0.3, -0.25) is 4.79 Å². The van der Waals surface area contributed by atoms with E-state index in [0.717, 1.165) is 22.3 Å². The predicted molar refractivity (Wildman–Crippen MR) is 51.1 cm³/mol. The maximum absolute atomic E-state index is 11.6. The van der Waals surface area contributed by atoms with Crippen LogP contribution in [0.3, 0.4) is 0 Å². The molecule has 0 fully saturated rings. The van der Waals surface area contributed by atoms with Crippen molar-refractivity contribution in [2.24, 2.45) is 0 Å². The quantitative estimate of drug-likeness (QED) is 0.535. The van der Waals surface area contributed by atoms with Crippen LogP contribution < -0.4 is 0 Å². The second-order valence-corrected chi connectivity index (χ2v) is 4.21. The SMILES string of the molecule is O=C1c2cscc2-c2cscc21. The molecule has 12 heavy (non-hydrogen) atoms. The van der Waals surface area contributed by atoms with E-state index in [0.29, 0.717) is 0 Å². The van der Waals surface area contributed by atoms with Gasteiger partial charge in [-0.1, -0.05) is 0 Å². The van der Waals surface area contributed by atoms with Gasteiger partial charge in [0.25, 0.3) is 0 Å². The van der Waals surface area contributed by atoms with Gasteiger partial charge >= 0.3 is 0 Å². The molecule has 2 aromatic heterocycles. The van der Waals surface area contributed by atoms with E-state index in [1.54, 1.807) is 22.7 Å². The summed E-state index contributed by atoms with van der Waals surface area (Å²) >= 11 is 3.19. The minimum absolute atomic E-state index is 0.197. The molecule has 0 amide bonds. The van der Waals surface area contributed by atoms with E-state index in [2.05, 4.69) is 0 Å². The Balaban J connectivity index is 2.47. The van der Waals surface area contributed by atoms with Gasteiger partial charge in [0.15, 0.2) is 5.78 Å². The first kappa shape index (κ1) is 6.57. The molecule has 0 atom stereocenters. The van der Waals surface area contributed by atoms with Gasteiger partial charge < -0.3 is 0 Å². The summed E-state index contributed by atoms with van der Waals surface area (Å²) in [6.45, 7) is 0. The fourth-order valence-electron chi connectivity index (χ4n) is 1.51. The van der Waals surface area contributed by atoms with Crippen LogP contribution in [-0.4, -0.2) is 5.78 Å². The molecule has 1 aliphatic rings. The van der Waals surface area contributed by atoms with E-state index in [4.69, 9.17) is 0 Å². The van der Waals surface area contributed by atoms with Gasteiger partial charge in [0.05, 0.1) is 0 Å². The van der Waals surface area contributed by atoms with Gasteiger partial charge in [-0.25, -0.2) is 0 Å². The van der Waals surface area contributed by atoms with Gasteiger partial charge in [-0.05, 0) is 10.8 Å². The average Bonchev–Trinajstić information content (AvgIpc) is 2.72. The molecule has 0 spiro atoms. The summed E-state index contributed by atoms with van der Waals surface area (Å²) in [6, 6.07) is 0. The molecule has 3 rings (SSSR count). The molecule has 3 heteroatoms. The number of hydrogen-bond acceptors (Lipinski definition) is 3. The smallest absolute Gasteiger partial charge is 0.195 e. The fraction of sp³-hybridized carbons (Fsp3) is 0. The van der Waals surface area contributed by atoms with Crippen molar-refractivity contribution in [3.8, 4) is 11.1 Å². The van der Waals surface area contributed by atoms with Crippen molar-refractivity contribution in [2.75, 3.05) is 0 Å². The van der Waals surface area contributed by atoms with Crippen molar-refractivity contribution < 1.29 is 4.79 Å². The van der Waals surface area contributed by atoms with Gasteiger partial charge in [-0.2, -0.15) is 22.7 Å². The minimum atomic E-state index is 0.197. The molecular formula is C9H4OS2. The third-order valence-electron chi connectivity index (χ3n) is 2.10. The Labute approximate surface area is 77.3 Å². The molecule has 0 saturated heterocycles. The molecule has 0 saturated carbocycles. The van der Waals surface area contributed by atoms with Crippen molar-refractivity contribution in [1.82, 2.24) is 0 Å². The Morgan fingerprint density at radius 3 is 1.67 bits per heavy atom. The van der Waals surface area contributed by atoms with Crippen LogP contribution in [0.5, 0.6) is 0 Å². The second kappa shape index (κ2) is 2.06. The largest absolute Gasteiger partial charge is 0.289 e. The van der Waals surface area contributed by atoms with Crippen LogP contribution in [0.25, 0.3) is 11.1 Å². The number of carbonyl (C=O) groups is 1. The Kier molecular flexibility index (Phi) is 1.13. The topological polar surface area (TPSA) is 17.1 Å². The molecule has 0 bridgehead atoms. The minimum Gasteiger partial charge on any atom is -0.289 e. The van der Waals surface area contributed by atoms with E-state index in [1.807, 2.05) is 21.5 Å². The van der Waals surface area contributed by atoms with Crippen molar-refractivity contribution >= 4 is 28.5 Å². The molecule has 0 unspecified atom stereocenters. The summed E-state index contributed by atoms with van der Waals surface area (Å²) in [7, 11) is 0. The normalized spacial score (nSPS) is 13.2. The molecule has 1 aliphatic carbocycles. The van der Waals surface area contributed by atoms with Crippen LogP contribution in [0.4, 0.5) is 0 Å². The van der Waals surface area contributed by atoms with Gasteiger partial charge in [0.2, 0.25) is 0 Å². The van der Waals surface area contributed by atoms with Crippen LogP contribution in [-0.2, 0) is 0 Å². The highest BCUT2D eigenvalue weighted by atomic mass is 32.1. The lowest BCUT2D eigenvalue weighted by atomic mass is 10.2. The van der Waals surface area contributed by atoms with Crippen molar-refractivity contribution in [3.05, 3.63) is 32.6 Å². The molecule has 2 heterocycles. The number of thiophene rings is 2. The summed E-state index contributed by atoms with van der Waals surface area (Å²) in [5.74, 6) is 0.197. The Hall–Kier alpha value is -0.930. The van der Waals surface area contributed by atoms with E-state index in [1.165, 1.54) is 0 Å². The highest BCUT2D eigenvalue weighted by Crippen LogP contribution is 2.40. The molecule has 2 aromatic rings. The first-order chi connectivity index (χ1) is 5.88. The summed E-state index contributed by atoms with van der Waals surface area (Å²) in [6.07, 6.45) is 0. The molecular weight excluding hydrogens is 188 g/mol. The highest BCUT2D eigenvalue weighted by molar-refractivity contribution is 7.10. The Morgan fingerprint density at radius 2 is 1.17 bits per heavy atom. The Bertz CT molecular complexity index is 422. The lowest BCUT2D eigenvalue weighted by molar-refractivity contribution is 0.104. The summed E-state index contributed by atoms with van der Waals surface area (Å²) in [5.41, 5.74) is 4.03. The van der Waals surface area contributed by atoms with Crippen molar-refractivity contribution in [3.63, 3.8) is 0 Å². The molecule has 0 radical (unpaired) electrons. The lowest BCUT2D eigenvalue weighted by Crippen LogP contribution is -1.90. The number of ketones is 1. The average molecular weight is 192 g/mol. The summed E-state index contributed by atoms with van der Waals surface area (Å²) in [5, 5.41) is 7.96. The highest BCUT2D eigenvalue weighted by Gasteiger charge is 2.27. The summed E-state index contributed by atoms with van der Waals surface area (Å²) < 4.78 is 0. The Morgan fingerprint density at radius 1 is 0.750 bits per heavy atom. The van der Waals surface area contributed by atoms with Crippen LogP contribution in [0.15, 0.2) is 21.5 Å². The zero-order chi connectivity index (χ0) is 8.13. The van der Waals surface area contributed by atoms with Crippen molar-refractivity contribution in [1.29, 1.82) is 0 Å². The van der Waals surface area contributed by atoms with E-state index in [9.17, 15) is 4.79 Å². The molecule has 0 aliphatic heterocycles. The molecule has 0 aromatic carbocycles. The van der Waals surface area contributed by atoms with E-state index >= 15 is 0 Å². The first-order valence-electron chi connectivity index (χ1n) is 3.55. The summed E-state index contributed by atoms with van der Waals surface area (Å²) in [4.78, 5) is 11.6. The van der Waals surface area contributed by atoms with E-state index in [-0.39, 0.29) is 5.78 Å². The predicted octanol–water partition coefficient (Wildman–Crippen LogP) is 3.02. The van der Waals surface area contributed by atoms with Crippen LogP contribution in [0, 0.1) is 0 Å². The standard InChI is InChI=1S/C9H4OS2/c10-9-7-3-11-1-5(7)6-2-12-4-8(6)9/h1-4H. The third kappa shape index (κ3) is 0.612.